The van der Waals surface area contributed by atoms with Gasteiger partial charge in [-0.1, -0.05) is 0 Å². The van der Waals surface area contributed by atoms with Crippen molar-refractivity contribution in [2.75, 3.05) is 31.3 Å². The standard InChI is InChI=1S/C25H28FN3O4/c1-2-32-25(30)21-16-27-29-11-7-18(15-23(21)29)28-10-3-4-22(28)20-14-17(26)5-6-24(20)33-19-8-12-31-13-9-19/h5-7,11,14-16,19,22H,2-4,8-10,12-13H2,1H3/t22-/m1/s1. The van der Waals surface area contributed by atoms with Gasteiger partial charge in [0.15, 0.2) is 0 Å². The van der Waals surface area contributed by atoms with Crippen LogP contribution >= 0.6 is 0 Å². The highest BCUT2D eigenvalue weighted by Crippen LogP contribution is 2.41. The van der Waals surface area contributed by atoms with E-state index in [0.29, 0.717) is 30.9 Å². The molecule has 1 atom stereocenters. The number of nitrogens with zero attached hydrogens (tertiary/aromatic N) is 3. The average Bonchev–Trinajstić information content (AvgIpc) is 3.48. The van der Waals surface area contributed by atoms with E-state index in [-0.39, 0.29) is 23.9 Å². The molecule has 0 spiro atoms. The molecule has 8 heteroatoms. The Morgan fingerprint density at radius 3 is 2.88 bits per heavy atom. The van der Waals surface area contributed by atoms with Gasteiger partial charge in [0.25, 0.3) is 0 Å². The predicted octanol–water partition coefficient (Wildman–Crippen LogP) is 4.55. The molecule has 0 aliphatic carbocycles. The van der Waals surface area contributed by atoms with E-state index < -0.39 is 0 Å². The van der Waals surface area contributed by atoms with E-state index in [1.807, 2.05) is 18.3 Å². The maximum atomic E-state index is 14.3. The van der Waals surface area contributed by atoms with Crippen LogP contribution in [0.1, 0.15) is 54.6 Å². The number of anilines is 1. The molecule has 4 heterocycles. The lowest BCUT2D eigenvalue weighted by atomic mass is 10.0. The predicted molar refractivity (Wildman–Crippen MR) is 121 cm³/mol. The summed E-state index contributed by atoms with van der Waals surface area (Å²) in [6, 6.07) is 8.71. The Hall–Kier alpha value is -3.13. The van der Waals surface area contributed by atoms with Crippen LogP contribution in [0.25, 0.3) is 5.52 Å². The summed E-state index contributed by atoms with van der Waals surface area (Å²) >= 11 is 0. The molecule has 33 heavy (non-hydrogen) atoms. The Kier molecular flexibility index (Phi) is 6.17. The van der Waals surface area contributed by atoms with Crippen LogP contribution in [0.2, 0.25) is 0 Å². The van der Waals surface area contributed by atoms with Crippen LogP contribution in [-0.2, 0) is 9.47 Å². The normalized spacial score (nSPS) is 19.2. The van der Waals surface area contributed by atoms with Gasteiger partial charge in [-0.25, -0.2) is 13.7 Å². The third-order valence-electron chi connectivity index (χ3n) is 6.38. The minimum atomic E-state index is -0.389. The quantitative estimate of drug-likeness (QED) is 0.510. The molecule has 0 amide bonds. The summed E-state index contributed by atoms with van der Waals surface area (Å²) in [6.07, 6.45) is 6.99. The van der Waals surface area contributed by atoms with Gasteiger partial charge in [-0.3, -0.25) is 0 Å². The number of carbonyl (C=O) groups excluding carboxylic acids is 1. The minimum Gasteiger partial charge on any atom is -0.490 e. The van der Waals surface area contributed by atoms with E-state index in [2.05, 4.69) is 10.00 Å². The van der Waals surface area contributed by atoms with Gasteiger partial charge in [0.05, 0.1) is 37.6 Å². The van der Waals surface area contributed by atoms with Crippen LogP contribution in [0.4, 0.5) is 10.1 Å². The van der Waals surface area contributed by atoms with Crippen LogP contribution in [0.5, 0.6) is 5.75 Å². The molecule has 2 fully saturated rings. The molecule has 2 aromatic heterocycles. The van der Waals surface area contributed by atoms with E-state index in [0.717, 1.165) is 49.2 Å². The largest absolute Gasteiger partial charge is 0.490 e. The fourth-order valence-corrected chi connectivity index (χ4v) is 4.77. The number of aromatic nitrogens is 2. The van der Waals surface area contributed by atoms with Crippen molar-refractivity contribution >= 4 is 17.2 Å². The Labute approximate surface area is 192 Å². The third kappa shape index (κ3) is 4.39. The van der Waals surface area contributed by atoms with E-state index >= 15 is 0 Å². The first-order chi connectivity index (χ1) is 16.1. The van der Waals surface area contributed by atoms with Gasteiger partial charge in [0.2, 0.25) is 0 Å². The van der Waals surface area contributed by atoms with Gasteiger partial charge < -0.3 is 19.1 Å². The Morgan fingerprint density at radius 1 is 1.21 bits per heavy atom. The smallest absolute Gasteiger partial charge is 0.341 e. The molecular formula is C25H28FN3O4. The summed E-state index contributed by atoms with van der Waals surface area (Å²) in [4.78, 5) is 14.6. The number of esters is 1. The third-order valence-corrected chi connectivity index (χ3v) is 6.38. The van der Waals surface area contributed by atoms with Crippen LogP contribution in [-0.4, -0.2) is 48.1 Å². The van der Waals surface area contributed by atoms with Crippen molar-refractivity contribution in [1.82, 2.24) is 9.61 Å². The van der Waals surface area contributed by atoms with E-state index in [1.165, 1.54) is 12.3 Å². The Morgan fingerprint density at radius 2 is 2.06 bits per heavy atom. The highest BCUT2D eigenvalue weighted by molar-refractivity contribution is 5.97. The first-order valence-corrected chi connectivity index (χ1v) is 11.6. The number of hydrogen-bond acceptors (Lipinski definition) is 6. The SMILES string of the molecule is CCOC(=O)c1cnn2ccc(N3CCC[C@@H]3c3cc(F)ccc3OC3CCOCC3)cc12. The topological polar surface area (TPSA) is 65.3 Å². The van der Waals surface area contributed by atoms with Crippen molar-refractivity contribution in [3.8, 4) is 5.75 Å². The average molecular weight is 454 g/mol. The molecule has 0 saturated carbocycles. The molecule has 1 aromatic carbocycles. The highest BCUT2D eigenvalue weighted by atomic mass is 19.1. The second-order valence-electron chi connectivity index (χ2n) is 8.46. The Bertz CT molecular complexity index is 1140. The van der Waals surface area contributed by atoms with Crippen molar-refractivity contribution in [3.63, 3.8) is 0 Å². The lowest BCUT2D eigenvalue weighted by molar-refractivity contribution is 0.0250. The fraction of sp³-hybridized carbons (Fsp3) is 0.440. The van der Waals surface area contributed by atoms with Gasteiger partial charge in [-0.15, -0.1) is 0 Å². The number of carbonyl (C=O) groups is 1. The van der Waals surface area contributed by atoms with Crippen molar-refractivity contribution in [1.29, 1.82) is 0 Å². The fourth-order valence-electron chi connectivity index (χ4n) is 4.77. The van der Waals surface area contributed by atoms with E-state index in [1.54, 1.807) is 23.6 Å². The van der Waals surface area contributed by atoms with Gasteiger partial charge in [-0.05, 0) is 50.1 Å². The second-order valence-corrected chi connectivity index (χ2v) is 8.46. The zero-order valence-corrected chi connectivity index (χ0v) is 18.7. The molecule has 174 valence electrons. The number of pyridine rings is 1. The van der Waals surface area contributed by atoms with Gasteiger partial charge in [-0.2, -0.15) is 5.10 Å². The zero-order valence-electron chi connectivity index (χ0n) is 18.7. The summed E-state index contributed by atoms with van der Waals surface area (Å²) in [5.41, 5.74) is 2.94. The second kappa shape index (κ2) is 9.39. The van der Waals surface area contributed by atoms with Crippen molar-refractivity contribution in [2.24, 2.45) is 0 Å². The van der Waals surface area contributed by atoms with E-state index in [9.17, 15) is 9.18 Å². The van der Waals surface area contributed by atoms with Crippen molar-refractivity contribution in [3.05, 3.63) is 59.7 Å². The lowest BCUT2D eigenvalue weighted by Gasteiger charge is -2.30. The summed E-state index contributed by atoms with van der Waals surface area (Å²) in [7, 11) is 0. The summed E-state index contributed by atoms with van der Waals surface area (Å²) < 4.78 is 32.9. The molecule has 3 aromatic rings. The van der Waals surface area contributed by atoms with Crippen LogP contribution < -0.4 is 9.64 Å². The van der Waals surface area contributed by atoms with Crippen LogP contribution in [0.15, 0.2) is 42.7 Å². The summed E-state index contributed by atoms with van der Waals surface area (Å²) in [5, 5.41) is 4.28. The summed E-state index contributed by atoms with van der Waals surface area (Å²) in [5.74, 6) is 0.0739. The maximum absolute atomic E-state index is 14.3. The van der Waals surface area contributed by atoms with Gasteiger partial charge in [0.1, 0.15) is 23.2 Å². The van der Waals surface area contributed by atoms with Crippen LogP contribution in [0, 0.1) is 5.82 Å². The maximum Gasteiger partial charge on any atom is 0.341 e. The number of rotatable bonds is 6. The molecule has 0 unspecified atom stereocenters. The molecule has 0 N–H and O–H groups in total. The molecule has 7 nitrogen and oxygen atoms in total. The summed E-state index contributed by atoms with van der Waals surface area (Å²) in [6.45, 7) is 4.29. The van der Waals surface area contributed by atoms with Crippen molar-refractivity contribution < 1.29 is 23.4 Å². The van der Waals surface area contributed by atoms with Crippen LogP contribution in [0.3, 0.4) is 0 Å². The molecule has 0 radical (unpaired) electrons. The first-order valence-electron chi connectivity index (χ1n) is 11.6. The van der Waals surface area contributed by atoms with Gasteiger partial charge >= 0.3 is 5.97 Å². The highest BCUT2D eigenvalue weighted by Gasteiger charge is 2.30. The van der Waals surface area contributed by atoms with Crippen molar-refractivity contribution in [2.45, 2.75) is 44.8 Å². The molecular weight excluding hydrogens is 425 g/mol. The number of fused-ring (bicyclic) bond motifs is 1. The lowest BCUT2D eigenvalue weighted by Crippen LogP contribution is -2.28. The zero-order chi connectivity index (χ0) is 22.8. The minimum absolute atomic E-state index is 0.0213. The Balaban J connectivity index is 1.47. The molecule has 5 rings (SSSR count). The molecule has 2 saturated heterocycles. The van der Waals surface area contributed by atoms with Gasteiger partial charge in [0, 0.05) is 36.8 Å². The molecule has 2 aliphatic rings. The van der Waals surface area contributed by atoms with E-state index in [4.69, 9.17) is 14.2 Å². The number of hydrogen-bond donors (Lipinski definition) is 0. The first kappa shape index (κ1) is 21.7. The monoisotopic (exact) mass is 453 g/mol. The number of ether oxygens (including phenoxy) is 3. The molecule has 0 bridgehead atoms. The number of benzene rings is 1. The molecule has 2 aliphatic heterocycles. The number of halogens is 1.